The summed E-state index contributed by atoms with van der Waals surface area (Å²) in [6.07, 6.45) is 0. The zero-order valence-electron chi connectivity index (χ0n) is 16.9. The molecule has 0 aliphatic heterocycles. The summed E-state index contributed by atoms with van der Waals surface area (Å²) in [5.74, 6) is 0.196. The number of amides is 1. The van der Waals surface area contributed by atoms with E-state index in [1.54, 1.807) is 48.5 Å². The molecule has 0 saturated carbocycles. The van der Waals surface area contributed by atoms with Gasteiger partial charge in [-0.1, -0.05) is 40.2 Å². The topological polar surface area (TPSA) is 84.9 Å². The van der Waals surface area contributed by atoms with Gasteiger partial charge in [0.25, 0.3) is 10.0 Å². The van der Waals surface area contributed by atoms with Gasteiger partial charge in [-0.2, -0.15) is 0 Å². The molecule has 3 rings (SSSR count). The van der Waals surface area contributed by atoms with Crippen LogP contribution in [0.3, 0.4) is 0 Å². The molecule has 0 aliphatic rings. The van der Waals surface area contributed by atoms with Crippen molar-refractivity contribution < 1.29 is 22.7 Å². The quantitative estimate of drug-likeness (QED) is 0.494. The molecule has 0 radical (unpaired) electrons. The van der Waals surface area contributed by atoms with Crippen molar-refractivity contribution in [3.8, 4) is 11.5 Å². The van der Waals surface area contributed by atoms with Crippen LogP contribution in [0.2, 0.25) is 0 Å². The van der Waals surface area contributed by atoms with Crippen molar-refractivity contribution >= 4 is 43.2 Å². The van der Waals surface area contributed by atoms with Gasteiger partial charge in [0.15, 0.2) is 11.5 Å². The van der Waals surface area contributed by atoms with E-state index in [1.165, 1.54) is 32.4 Å². The number of halogens is 1. The maximum absolute atomic E-state index is 13.5. The lowest BCUT2D eigenvalue weighted by molar-refractivity contribution is -0.114. The zero-order chi connectivity index (χ0) is 22.4. The van der Waals surface area contributed by atoms with Gasteiger partial charge in [0.1, 0.15) is 6.54 Å². The molecule has 0 unspecified atom stereocenters. The van der Waals surface area contributed by atoms with E-state index in [9.17, 15) is 13.2 Å². The van der Waals surface area contributed by atoms with Crippen LogP contribution >= 0.6 is 15.9 Å². The second-order valence-electron chi connectivity index (χ2n) is 6.42. The largest absolute Gasteiger partial charge is 0.493 e. The Hall–Kier alpha value is -3.04. The van der Waals surface area contributed by atoms with E-state index in [4.69, 9.17) is 9.47 Å². The Labute approximate surface area is 189 Å². The first-order valence-corrected chi connectivity index (χ1v) is 11.4. The third-order valence-electron chi connectivity index (χ3n) is 4.38. The lowest BCUT2D eigenvalue weighted by atomic mass is 10.3. The molecule has 7 nitrogen and oxygen atoms in total. The summed E-state index contributed by atoms with van der Waals surface area (Å²) in [5.41, 5.74) is 0.914. The van der Waals surface area contributed by atoms with Crippen LogP contribution in [0.4, 0.5) is 11.4 Å². The molecule has 0 heterocycles. The number of rotatable bonds is 8. The Bertz CT molecular complexity index is 1170. The van der Waals surface area contributed by atoms with Crippen molar-refractivity contribution in [2.75, 3.05) is 30.4 Å². The predicted molar refractivity (Wildman–Crippen MR) is 123 cm³/mol. The number of hydrogen-bond donors (Lipinski definition) is 1. The first-order chi connectivity index (χ1) is 14.8. The number of carbonyl (C=O) groups is 1. The lowest BCUT2D eigenvalue weighted by Crippen LogP contribution is -2.38. The number of sulfonamides is 1. The fourth-order valence-corrected chi connectivity index (χ4v) is 4.75. The van der Waals surface area contributed by atoms with Crippen LogP contribution in [-0.2, 0) is 14.8 Å². The second-order valence-corrected chi connectivity index (χ2v) is 9.20. The highest BCUT2D eigenvalue weighted by atomic mass is 79.9. The summed E-state index contributed by atoms with van der Waals surface area (Å²) in [6, 6.07) is 19.8. The Balaban J connectivity index is 1.96. The Morgan fingerprint density at radius 1 is 0.935 bits per heavy atom. The summed E-state index contributed by atoms with van der Waals surface area (Å²) in [7, 11) is -1.19. The lowest BCUT2D eigenvalue weighted by Gasteiger charge is -2.24. The minimum Gasteiger partial charge on any atom is -0.493 e. The van der Waals surface area contributed by atoms with Crippen molar-refractivity contribution in [3.05, 3.63) is 77.3 Å². The third kappa shape index (κ3) is 5.36. The van der Waals surface area contributed by atoms with Gasteiger partial charge in [0.05, 0.1) is 24.8 Å². The molecule has 1 N–H and O–H groups in total. The summed E-state index contributed by atoms with van der Waals surface area (Å²) in [5, 5.41) is 2.73. The van der Waals surface area contributed by atoms with E-state index < -0.39 is 22.5 Å². The van der Waals surface area contributed by atoms with E-state index in [1.807, 2.05) is 6.07 Å². The Morgan fingerprint density at radius 3 is 2.29 bits per heavy atom. The van der Waals surface area contributed by atoms with E-state index in [0.717, 1.165) is 8.78 Å². The first kappa shape index (κ1) is 22.6. The fraction of sp³-hybridized carbons (Fsp3) is 0.136. The number of hydrogen-bond acceptors (Lipinski definition) is 5. The number of benzene rings is 3. The average Bonchev–Trinajstić information content (AvgIpc) is 2.77. The maximum atomic E-state index is 13.5. The molecule has 31 heavy (non-hydrogen) atoms. The van der Waals surface area contributed by atoms with E-state index >= 15 is 0 Å². The maximum Gasteiger partial charge on any atom is 0.264 e. The normalized spacial score (nSPS) is 10.9. The number of nitrogens with zero attached hydrogens (tertiary/aromatic N) is 1. The first-order valence-electron chi connectivity index (χ1n) is 9.20. The van der Waals surface area contributed by atoms with Crippen LogP contribution in [-0.4, -0.2) is 35.1 Å². The van der Waals surface area contributed by atoms with Crippen LogP contribution in [0.1, 0.15) is 0 Å². The van der Waals surface area contributed by atoms with Gasteiger partial charge in [-0.05, 0) is 42.5 Å². The van der Waals surface area contributed by atoms with Crippen LogP contribution in [0.25, 0.3) is 0 Å². The van der Waals surface area contributed by atoms with Crippen LogP contribution < -0.4 is 19.1 Å². The molecular formula is C22H21BrN2O5S. The molecule has 0 fully saturated rings. The summed E-state index contributed by atoms with van der Waals surface area (Å²) < 4.78 is 39.2. The molecule has 0 saturated heterocycles. The van der Waals surface area contributed by atoms with Crippen LogP contribution in [0.15, 0.2) is 82.2 Å². The smallest absolute Gasteiger partial charge is 0.264 e. The molecule has 162 valence electrons. The highest BCUT2D eigenvalue weighted by Crippen LogP contribution is 2.32. The minimum absolute atomic E-state index is 0.0238. The monoisotopic (exact) mass is 504 g/mol. The highest BCUT2D eigenvalue weighted by Gasteiger charge is 2.28. The van der Waals surface area contributed by atoms with Crippen molar-refractivity contribution in [2.45, 2.75) is 4.90 Å². The van der Waals surface area contributed by atoms with E-state index in [0.29, 0.717) is 17.1 Å². The molecule has 3 aromatic rings. The molecule has 9 heteroatoms. The van der Waals surface area contributed by atoms with E-state index in [2.05, 4.69) is 21.2 Å². The van der Waals surface area contributed by atoms with Gasteiger partial charge in [-0.25, -0.2) is 8.42 Å². The molecule has 0 atom stereocenters. The van der Waals surface area contributed by atoms with Crippen molar-refractivity contribution in [2.24, 2.45) is 0 Å². The van der Waals surface area contributed by atoms with Crippen molar-refractivity contribution in [1.82, 2.24) is 0 Å². The molecule has 3 aromatic carbocycles. The Morgan fingerprint density at radius 2 is 1.65 bits per heavy atom. The van der Waals surface area contributed by atoms with Gasteiger partial charge in [-0.15, -0.1) is 0 Å². The minimum atomic E-state index is -4.08. The molecule has 0 aliphatic carbocycles. The summed E-state index contributed by atoms with van der Waals surface area (Å²) in [4.78, 5) is 12.7. The SMILES string of the molecule is COc1ccc(S(=O)(=O)N(CC(=O)Nc2cccc(Br)c2)c2ccccc2)cc1OC. The molecule has 0 aromatic heterocycles. The highest BCUT2D eigenvalue weighted by molar-refractivity contribution is 9.10. The Kier molecular flexibility index (Phi) is 7.19. The number of carbonyl (C=O) groups excluding carboxylic acids is 1. The van der Waals surface area contributed by atoms with Crippen molar-refractivity contribution in [1.29, 1.82) is 0 Å². The average molecular weight is 505 g/mol. The number of anilines is 2. The zero-order valence-corrected chi connectivity index (χ0v) is 19.3. The molecule has 0 spiro atoms. The summed E-state index contributed by atoms with van der Waals surface area (Å²) in [6.45, 7) is -0.410. The van der Waals surface area contributed by atoms with Gasteiger partial charge < -0.3 is 14.8 Å². The van der Waals surface area contributed by atoms with Crippen molar-refractivity contribution in [3.63, 3.8) is 0 Å². The molecular weight excluding hydrogens is 484 g/mol. The van der Waals surface area contributed by atoms with Gasteiger partial charge >= 0.3 is 0 Å². The van der Waals surface area contributed by atoms with Gasteiger partial charge in [-0.3, -0.25) is 9.10 Å². The van der Waals surface area contributed by atoms with Gasteiger partial charge in [0, 0.05) is 16.2 Å². The second kappa shape index (κ2) is 9.84. The number of methoxy groups -OCH3 is 2. The number of para-hydroxylation sites is 1. The number of ether oxygens (including phenoxy) is 2. The fourth-order valence-electron chi connectivity index (χ4n) is 2.91. The molecule has 1 amide bonds. The van der Waals surface area contributed by atoms with Crippen LogP contribution in [0, 0.1) is 0 Å². The standard InChI is InChI=1S/C22H21BrN2O5S/c1-29-20-12-11-19(14-21(20)30-2)31(27,28)25(18-9-4-3-5-10-18)15-22(26)24-17-8-6-7-16(23)13-17/h3-14H,15H2,1-2H3,(H,24,26). The third-order valence-corrected chi connectivity index (χ3v) is 6.65. The molecule has 0 bridgehead atoms. The predicted octanol–water partition coefficient (Wildman–Crippen LogP) is 4.30. The summed E-state index contributed by atoms with van der Waals surface area (Å²) >= 11 is 3.35. The number of nitrogens with one attached hydrogen (secondary N) is 1. The van der Waals surface area contributed by atoms with Gasteiger partial charge in [0.2, 0.25) is 5.91 Å². The van der Waals surface area contributed by atoms with Crippen LogP contribution in [0.5, 0.6) is 11.5 Å². The van der Waals surface area contributed by atoms with E-state index in [-0.39, 0.29) is 10.6 Å².